The fourth-order valence-electron chi connectivity index (χ4n) is 1.47. The smallest absolute Gasteiger partial charge is 0.228 e. The van der Waals surface area contributed by atoms with Crippen LogP contribution in [0.4, 0.5) is 0 Å². The minimum absolute atomic E-state index is 0.122. The highest BCUT2D eigenvalue weighted by atomic mass is 35.5. The van der Waals surface area contributed by atoms with Crippen molar-refractivity contribution < 1.29 is 9.53 Å². The molecule has 0 saturated carbocycles. The average molecular weight is 243 g/mol. The molecule has 1 amide bonds. The number of ether oxygens (including phenoxy) is 1. The number of likely N-dealkylation sites (N-methyl/N-ethyl adjacent to an activating group) is 1. The minimum atomic E-state index is -0.381. The van der Waals surface area contributed by atoms with E-state index in [2.05, 4.69) is 5.32 Å². The zero-order chi connectivity index (χ0) is 12.1. The van der Waals surface area contributed by atoms with Crippen molar-refractivity contribution in [2.24, 2.45) is 5.73 Å². The van der Waals surface area contributed by atoms with Crippen LogP contribution in [0.25, 0.3) is 0 Å². The Labute approximate surface area is 99.7 Å². The van der Waals surface area contributed by atoms with Crippen LogP contribution in [0, 0.1) is 0 Å². The van der Waals surface area contributed by atoms with Gasteiger partial charge in [0, 0.05) is 13.6 Å². The van der Waals surface area contributed by atoms with E-state index in [1.807, 2.05) is 0 Å². The fraction of sp³-hybridized carbons (Fsp3) is 0.364. The molecule has 0 spiro atoms. The molecular weight excluding hydrogens is 228 g/mol. The van der Waals surface area contributed by atoms with Gasteiger partial charge >= 0.3 is 0 Å². The molecular formula is C11H15ClN2O2. The summed E-state index contributed by atoms with van der Waals surface area (Å²) in [6.07, 6.45) is 0. The van der Waals surface area contributed by atoms with Gasteiger partial charge in [-0.3, -0.25) is 4.79 Å². The molecule has 0 heterocycles. The molecule has 1 atom stereocenters. The normalized spacial score (nSPS) is 12.0. The molecule has 4 nitrogen and oxygen atoms in total. The number of nitrogens with two attached hydrogens (primary N) is 1. The molecule has 1 aromatic rings. The molecule has 0 saturated heterocycles. The Morgan fingerprint density at radius 3 is 2.75 bits per heavy atom. The molecule has 1 aromatic carbocycles. The number of carbonyl (C=O) groups is 1. The summed E-state index contributed by atoms with van der Waals surface area (Å²) in [5.74, 6) is 0.0789. The van der Waals surface area contributed by atoms with Crippen LogP contribution in [-0.2, 0) is 4.79 Å². The molecule has 16 heavy (non-hydrogen) atoms. The minimum Gasteiger partial charge on any atom is -0.495 e. The maximum atomic E-state index is 11.5. The first kappa shape index (κ1) is 12.8. The van der Waals surface area contributed by atoms with Crippen molar-refractivity contribution in [1.29, 1.82) is 0 Å². The largest absolute Gasteiger partial charge is 0.495 e. The van der Waals surface area contributed by atoms with Crippen LogP contribution in [0.5, 0.6) is 5.75 Å². The van der Waals surface area contributed by atoms with E-state index in [0.29, 0.717) is 10.8 Å². The van der Waals surface area contributed by atoms with E-state index in [0.717, 1.165) is 5.56 Å². The Hall–Kier alpha value is -1.26. The second-order valence-corrected chi connectivity index (χ2v) is 3.70. The van der Waals surface area contributed by atoms with E-state index in [9.17, 15) is 4.79 Å². The number of rotatable bonds is 4. The Morgan fingerprint density at radius 1 is 1.62 bits per heavy atom. The Bertz CT molecular complexity index is 382. The van der Waals surface area contributed by atoms with Crippen LogP contribution in [0.2, 0.25) is 5.02 Å². The second-order valence-electron chi connectivity index (χ2n) is 3.30. The first-order valence-corrected chi connectivity index (χ1v) is 5.27. The highest BCUT2D eigenvalue weighted by Crippen LogP contribution is 2.28. The number of carbonyl (C=O) groups excluding carboxylic acids is 1. The molecule has 1 unspecified atom stereocenters. The highest BCUT2D eigenvalue weighted by molar-refractivity contribution is 6.32. The number of amides is 1. The van der Waals surface area contributed by atoms with Gasteiger partial charge in [-0.2, -0.15) is 0 Å². The van der Waals surface area contributed by atoms with Gasteiger partial charge in [-0.1, -0.05) is 17.7 Å². The van der Waals surface area contributed by atoms with Gasteiger partial charge < -0.3 is 15.8 Å². The van der Waals surface area contributed by atoms with E-state index < -0.39 is 0 Å². The van der Waals surface area contributed by atoms with E-state index in [-0.39, 0.29) is 18.4 Å². The molecule has 0 aliphatic rings. The molecule has 0 bridgehead atoms. The van der Waals surface area contributed by atoms with E-state index >= 15 is 0 Å². The van der Waals surface area contributed by atoms with Gasteiger partial charge in [0.25, 0.3) is 0 Å². The quantitative estimate of drug-likeness (QED) is 0.832. The van der Waals surface area contributed by atoms with Crippen LogP contribution in [0.1, 0.15) is 11.5 Å². The van der Waals surface area contributed by atoms with Crippen molar-refractivity contribution in [3.8, 4) is 5.75 Å². The van der Waals surface area contributed by atoms with Crippen molar-refractivity contribution in [1.82, 2.24) is 5.32 Å². The predicted octanol–water partition coefficient (Wildman–Crippen LogP) is 1.14. The summed E-state index contributed by atoms with van der Waals surface area (Å²) in [5.41, 5.74) is 6.35. The van der Waals surface area contributed by atoms with Crippen LogP contribution in [0.15, 0.2) is 18.2 Å². The first-order valence-electron chi connectivity index (χ1n) is 4.89. The number of benzene rings is 1. The first-order chi connectivity index (χ1) is 7.63. The molecule has 0 radical (unpaired) electrons. The van der Waals surface area contributed by atoms with Gasteiger partial charge in [0.05, 0.1) is 18.1 Å². The van der Waals surface area contributed by atoms with E-state index in [4.69, 9.17) is 22.1 Å². The van der Waals surface area contributed by atoms with Crippen molar-refractivity contribution >= 4 is 17.5 Å². The Morgan fingerprint density at radius 2 is 2.31 bits per heavy atom. The maximum absolute atomic E-state index is 11.5. The van der Waals surface area contributed by atoms with Crippen LogP contribution in [0.3, 0.4) is 0 Å². The maximum Gasteiger partial charge on any atom is 0.228 e. The van der Waals surface area contributed by atoms with Crippen molar-refractivity contribution in [2.75, 3.05) is 20.7 Å². The third kappa shape index (κ3) is 2.65. The topological polar surface area (TPSA) is 64.4 Å². The second kappa shape index (κ2) is 5.72. The van der Waals surface area contributed by atoms with Gasteiger partial charge in [0.1, 0.15) is 5.75 Å². The van der Waals surface area contributed by atoms with Gasteiger partial charge in [-0.25, -0.2) is 0 Å². The molecule has 88 valence electrons. The molecule has 5 heteroatoms. The monoisotopic (exact) mass is 242 g/mol. The summed E-state index contributed by atoms with van der Waals surface area (Å²) < 4.78 is 5.04. The summed E-state index contributed by atoms with van der Waals surface area (Å²) in [4.78, 5) is 11.5. The van der Waals surface area contributed by atoms with Crippen molar-refractivity contribution in [3.63, 3.8) is 0 Å². The third-order valence-electron chi connectivity index (χ3n) is 2.38. The standard InChI is InChI=1S/C11H15ClN2O2/c1-14-11(15)8(6-13)7-3-4-10(16-2)9(12)5-7/h3-5,8H,6,13H2,1-2H3,(H,14,15). The van der Waals surface area contributed by atoms with Gasteiger partial charge in [-0.15, -0.1) is 0 Å². The SMILES string of the molecule is CNC(=O)C(CN)c1ccc(OC)c(Cl)c1. The van der Waals surface area contributed by atoms with Gasteiger partial charge in [0.2, 0.25) is 5.91 Å². The lowest BCUT2D eigenvalue weighted by molar-refractivity contribution is -0.121. The summed E-state index contributed by atoms with van der Waals surface area (Å²) in [6, 6.07) is 5.22. The average Bonchev–Trinajstić information content (AvgIpc) is 2.30. The van der Waals surface area contributed by atoms with Crippen LogP contribution in [-0.4, -0.2) is 26.6 Å². The number of nitrogens with one attached hydrogen (secondary N) is 1. The molecule has 0 aliphatic heterocycles. The summed E-state index contributed by atoms with van der Waals surface area (Å²) in [5, 5.41) is 3.04. The van der Waals surface area contributed by atoms with E-state index in [1.54, 1.807) is 32.4 Å². The predicted molar refractivity (Wildman–Crippen MR) is 63.9 cm³/mol. The molecule has 0 aromatic heterocycles. The summed E-state index contributed by atoms with van der Waals surface area (Å²) in [7, 11) is 3.12. The Balaban J connectivity index is 3.03. The zero-order valence-electron chi connectivity index (χ0n) is 9.29. The van der Waals surface area contributed by atoms with Crippen LogP contribution >= 0.6 is 11.6 Å². The molecule has 0 fully saturated rings. The van der Waals surface area contributed by atoms with Gasteiger partial charge in [0.15, 0.2) is 0 Å². The van der Waals surface area contributed by atoms with Crippen LogP contribution < -0.4 is 15.8 Å². The summed E-state index contributed by atoms with van der Waals surface area (Å²) >= 11 is 5.98. The van der Waals surface area contributed by atoms with E-state index in [1.165, 1.54) is 0 Å². The van der Waals surface area contributed by atoms with Gasteiger partial charge in [-0.05, 0) is 17.7 Å². The molecule has 0 aliphatic carbocycles. The third-order valence-corrected chi connectivity index (χ3v) is 2.67. The lowest BCUT2D eigenvalue weighted by Crippen LogP contribution is -2.30. The number of hydrogen-bond acceptors (Lipinski definition) is 3. The van der Waals surface area contributed by atoms with Crippen molar-refractivity contribution in [3.05, 3.63) is 28.8 Å². The highest BCUT2D eigenvalue weighted by Gasteiger charge is 2.18. The fourth-order valence-corrected chi connectivity index (χ4v) is 1.73. The lowest BCUT2D eigenvalue weighted by Gasteiger charge is -2.14. The van der Waals surface area contributed by atoms with Crippen molar-refractivity contribution in [2.45, 2.75) is 5.92 Å². The molecule has 3 N–H and O–H groups in total. The number of hydrogen-bond donors (Lipinski definition) is 2. The zero-order valence-corrected chi connectivity index (χ0v) is 10.0. The lowest BCUT2D eigenvalue weighted by atomic mass is 9.98. The number of halogens is 1. The molecule has 1 rings (SSSR count). The Kier molecular flexibility index (Phi) is 4.58. The number of methoxy groups -OCH3 is 1. The summed E-state index contributed by atoms with van der Waals surface area (Å²) in [6.45, 7) is 0.238.